The summed E-state index contributed by atoms with van der Waals surface area (Å²) in [6.07, 6.45) is 4.47. The Morgan fingerprint density at radius 1 is 1.26 bits per heavy atom. The van der Waals surface area contributed by atoms with E-state index in [2.05, 4.69) is 20.3 Å². The Balaban J connectivity index is 1.78. The van der Waals surface area contributed by atoms with Crippen LogP contribution in [0.4, 0.5) is 5.69 Å². The van der Waals surface area contributed by atoms with E-state index >= 15 is 0 Å². The number of hydrogen-bond acceptors (Lipinski definition) is 6. The maximum absolute atomic E-state index is 6.00. The lowest BCUT2D eigenvalue weighted by molar-refractivity contribution is 0.415. The standard InChI is InChI=1S/C15H12Cl2N4O2/c1-22-12-4-9(2-3-10(12)13-6-18-8-23-13)19-5-11-15(17)21-14(16)7-20-11/h2-4,6-8,19H,5H2,1H3. The van der Waals surface area contributed by atoms with Crippen molar-refractivity contribution in [3.05, 3.63) is 53.0 Å². The molecule has 0 fully saturated rings. The van der Waals surface area contributed by atoms with Crippen molar-refractivity contribution in [2.45, 2.75) is 6.54 Å². The summed E-state index contributed by atoms with van der Waals surface area (Å²) in [6.45, 7) is 0.411. The monoisotopic (exact) mass is 350 g/mol. The molecule has 0 aliphatic heterocycles. The van der Waals surface area contributed by atoms with E-state index in [1.54, 1.807) is 13.3 Å². The van der Waals surface area contributed by atoms with Crippen molar-refractivity contribution in [1.82, 2.24) is 15.0 Å². The molecule has 0 amide bonds. The zero-order valence-corrected chi connectivity index (χ0v) is 13.6. The van der Waals surface area contributed by atoms with Crippen LogP contribution < -0.4 is 10.1 Å². The van der Waals surface area contributed by atoms with E-state index in [0.717, 1.165) is 11.3 Å². The first-order valence-electron chi connectivity index (χ1n) is 6.65. The van der Waals surface area contributed by atoms with Crippen LogP contribution in [0.1, 0.15) is 5.69 Å². The van der Waals surface area contributed by atoms with Gasteiger partial charge in [0.1, 0.15) is 10.9 Å². The lowest BCUT2D eigenvalue weighted by Crippen LogP contribution is -2.04. The number of halogens is 2. The summed E-state index contributed by atoms with van der Waals surface area (Å²) in [5.74, 6) is 1.31. The molecule has 1 aromatic carbocycles. The van der Waals surface area contributed by atoms with Crippen LogP contribution in [0.15, 0.2) is 41.4 Å². The summed E-state index contributed by atoms with van der Waals surface area (Å²) in [5, 5.41) is 3.75. The molecule has 0 saturated carbocycles. The Morgan fingerprint density at radius 2 is 2.13 bits per heavy atom. The second-order valence-electron chi connectivity index (χ2n) is 4.56. The van der Waals surface area contributed by atoms with Gasteiger partial charge in [-0.05, 0) is 12.1 Å². The van der Waals surface area contributed by atoms with Gasteiger partial charge in [-0.25, -0.2) is 9.97 Å². The van der Waals surface area contributed by atoms with Crippen LogP contribution in [0.5, 0.6) is 5.75 Å². The molecule has 23 heavy (non-hydrogen) atoms. The maximum Gasteiger partial charge on any atom is 0.181 e. The fourth-order valence-corrected chi connectivity index (χ4v) is 2.41. The molecule has 3 aromatic rings. The van der Waals surface area contributed by atoms with Gasteiger partial charge in [-0.2, -0.15) is 0 Å². The Labute approximate surface area is 142 Å². The predicted octanol–water partition coefficient (Wildman–Crippen LogP) is 4.06. The average Bonchev–Trinajstić information content (AvgIpc) is 3.08. The van der Waals surface area contributed by atoms with E-state index in [1.807, 2.05) is 18.2 Å². The van der Waals surface area contributed by atoms with Crippen LogP contribution in [0, 0.1) is 0 Å². The summed E-state index contributed by atoms with van der Waals surface area (Å²) < 4.78 is 10.7. The molecule has 0 spiro atoms. The van der Waals surface area contributed by atoms with Crippen LogP contribution in [0.25, 0.3) is 11.3 Å². The highest BCUT2D eigenvalue weighted by molar-refractivity contribution is 6.32. The quantitative estimate of drug-likeness (QED) is 0.747. The van der Waals surface area contributed by atoms with E-state index in [1.165, 1.54) is 12.6 Å². The number of benzene rings is 1. The normalized spacial score (nSPS) is 10.6. The summed E-state index contributed by atoms with van der Waals surface area (Å²) in [6, 6.07) is 5.64. The van der Waals surface area contributed by atoms with Gasteiger partial charge in [0.15, 0.2) is 17.3 Å². The van der Waals surface area contributed by atoms with Gasteiger partial charge in [-0.1, -0.05) is 23.2 Å². The molecule has 3 rings (SSSR count). The molecule has 1 N–H and O–H groups in total. The molecule has 0 unspecified atom stereocenters. The Morgan fingerprint density at radius 3 is 2.83 bits per heavy atom. The molecule has 0 saturated heterocycles. The van der Waals surface area contributed by atoms with Crippen molar-refractivity contribution >= 4 is 28.9 Å². The number of rotatable bonds is 5. The first-order valence-corrected chi connectivity index (χ1v) is 7.40. The molecule has 0 atom stereocenters. The lowest BCUT2D eigenvalue weighted by Gasteiger charge is -2.11. The second-order valence-corrected chi connectivity index (χ2v) is 5.31. The van der Waals surface area contributed by atoms with Gasteiger partial charge in [0.05, 0.1) is 37.3 Å². The molecule has 2 heterocycles. The summed E-state index contributed by atoms with van der Waals surface area (Å²) >= 11 is 11.7. The number of nitrogens with one attached hydrogen (secondary N) is 1. The second kappa shape index (κ2) is 6.85. The SMILES string of the molecule is COc1cc(NCc2ncc(Cl)nc2Cl)ccc1-c1cnco1. The lowest BCUT2D eigenvalue weighted by atomic mass is 10.1. The minimum Gasteiger partial charge on any atom is -0.496 e. The zero-order chi connectivity index (χ0) is 16.2. The van der Waals surface area contributed by atoms with E-state index in [9.17, 15) is 0 Å². The number of hydrogen-bond donors (Lipinski definition) is 1. The highest BCUT2D eigenvalue weighted by Crippen LogP contribution is 2.32. The number of nitrogens with zero attached hydrogens (tertiary/aromatic N) is 3. The van der Waals surface area contributed by atoms with Crippen molar-refractivity contribution in [3.8, 4) is 17.1 Å². The van der Waals surface area contributed by atoms with Crippen LogP contribution in [-0.4, -0.2) is 22.1 Å². The van der Waals surface area contributed by atoms with Crippen LogP contribution in [0.2, 0.25) is 10.3 Å². The number of ether oxygens (including phenoxy) is 1. The van der Waals surface area contributed by atoms with Crippen molar-refractivity contribution in [1.29, 1.82) is 0 Å². The minimum absolute atomic E-state index is 0.261. The summed E-state index contributed by atoms with van der Waals surface area (Å²) in [4.78, 5) is 12.0. The molecule has 2 aromatic heterocycles. The highest BCUT2D eigenvalue weighted by atomic mass is 35.5. The van der Waals surface area contributed by atoms with E-state index in [0.29, 0.717) is 23.7 Å². The van der Waals surface area contributed by atoms with Gasteiger partial charge in [0, 0.05) is 11.8 Å². The molecular weight excluding hydrogens is 339 g/mol. The molecule has 6 nitrogen and oxygen atoms in total. The van der Waals surface area contributed by atoms with E-state index in [4.69, 9.17) is 32.4 Å². The number of anilines is 1. The largest absolute Gasteiger partial charge is 0.496 e. The van der Waals surface area contributed by atoms with E-state index < -0.39 is 0 Å². The van der Waals surface area contributed by atoms with E-state index in [-0.39, 0.29) is 10.3 Å². The van der Waals surface area contributed by atoms with Crippen molar-refractivity contribution in [2.24, 2.45) is 0 Å². The first-order chi connectivity index (χ1) is 11.2. The summed E-state index contributed by atoms with van der Waals surface area (Å²) in [5.41, 5.74) is 2.27. The van der Waals surface area contributed by atoms with Crippen LogP contribution in [0.3, 0.4) is 0 Å². The van der Waals surface area contributed by atoms with Crippen molar-refractivity contribution in [2.75, 3.05) is 12.4 Å². The Hall–Kier alpha value is -2.31. The third-order valence-corrected chi connectivity index (χ3v) is 3.61. The first kappa shape index (κ1) is 15.6. The Bertz CT molecular complexity index is 809. The van der Waals surface area contributed by atoms with Crippen LogP contribution >= 0.6 is 23.2 Å². The topological polar surface area (TPSA) is 73.1 Å². The smallest absolute Gasteiger partial charge is 0.181 e. The fourth-order valence-electron chi connectivity index (χ4n) is 2.03. The molecule has 0 radical (unpaired) electrons. The molecule has 0 aliphatic rings. The molecule has 0 bridgehead atoms. The maximum atomic E-state index is 6.00. The average molecular weight is 351 g/mol. The fraction of sp³-hybridized carbons (Fsp3) is 0.133. The van der Waals surface area contributed by atoms with Gasteiger partial charge < -0.3 is 14.5 Å². The van der Waals surface area contributed by atoms with Crippen molar-refractivity contribution < 1.29 is 9.15 Å². The predicted molar refractivity (Wildman–Crippen MR) is 87.9 cm³/mol. The third-order valence-electron chi connectivity index (χ3n) is 3.13. The molecule has 8 heteroatoms. The van der Waals surface area contributed by atoms with Gasteiger partial charge in [0.25, 0.3) is 0 Å². The molecular formula is C15H12Cl2N4O2. The van der Waals surface area contributed by atoms with Crippen molar-refractivity contribution in [3.63, 3.8) is 0 Å². The third kappa shape index (κ3) is 3.55. The minimum atomic E-state index is 0.261. The molecule has 118 valence electrons. The number of aromatic nitrogens is 3. The van der Waals surface area contributed by atoms with Crippen LogP contribution in [-0.2, 0) is 6.54 Å². The Kier molecular flexibility index (Phi) is 4.64. The van der Waals surface area contributed by atoms with Gasteiger partial charge in [-0.15, -0.1) is 0 Å². The highest BCUT2D eigenvalue weighted by Gasteiger charge is 2.10. The summed E-state index contributed by atoms with van der Waals surface area (Å²) in [7, 11) is 1.60. The molecule has 0 aliphatic carbocycles. The van der Waals surface area contributed by atoms with Gasteiger partial charge in [0.2, 0.25) is 0 Å². The van der Waals surface area contributed by atoms with Gasteiger partial charge >= 0.3 is 0 Å². The zero-order valence-electron chi connectivity index (χ0n) is 12.1. The number of methoxy groups -OCH3 is 1. The number of oxazole rings is 1. The van der Waals surface area contributed by atoms with Gasteiger partial charge in [-0.3, -0.25) is 4.98 Å².